The predicted molar refractivity (Wildman–Crippen MR) is 261 cm³/mol. The van der Waals surface area contributed by atoms with E-state index in [2.05, 4.69) is 62.5 Å². The largest absolute Gasteiger partial charge is 0.472 e. The Morgan fingerprint density at radius 1 is 0.508 bits per heavy atom. The molecule has 0 bridgehead atoms. The summed E-state index contributed by atoms with van der Waals surface area (Å²) in [4.78, 5) is 23.0. The molecule has 1 unspecified atom stereocenters. The van der Waals surface area contributed by atoms with E-state index in [1.54, 1.807) is 0 Å². The van der Waals surface area contributed by atoms with Crippen LogP contribution in [0.3, 0.4) is 0 Å². The number of ether oxygens (including phenoxy) is 2. The molecule has 0 saturated heterocycles. The number of phosphoric ester groups is 1. The average Bonchev–Trinajstić information content (AvgIpc) is 3.22. The lowest BCUT2D eigenvalue weighted by molar-refractivity contribution is -0.870. The van der Waals surface area contributed by atoms with E-state index in [0.717, 1.165) is 44.9 Å². The number of quaternary nitrogens is 1. The number of nitrogens with zero attached hydrogens (tertiary/aromatic N) is 1. The highest BCUT2D eigenvalue weighted by Gasteiger charge is 2.26. The van der Waals surface area contributed by atoms with Crippen molar-refractivity contribution in [1.29, 1.82) is 0 Å². The maximum absolute atomic E-state index is 12.8. The number of carbonyl (C=O) groups is 1. The van der Waals surface area contributed by atoms with Gasteiger partial charge in [-0.15, -0.1) is 0 Å². The van der Waals surface area contributed by atoms with Gasteiger partial charge in [0.05, 0.1) is 34.4 Å². The van der Waals surface area contributed by atoms with Gasteiger partial charge in [-0.3, -0.25) is 13.8 Å². The first-order valence-corrected chi connectivity index (χ1v) is 26.9. The summed E-state index contributed by atoms with van der Waals surface area (Å²) in [6, 6.07) is 0. The molecule has 0 heterocycles. The molecule has 358 valence electrons. The molecule has 0 aliphatic rings. The molecule has 0 fully saturated rings. The molecule has 0 spiro atoms. The van der Waals surface area contributed by atoms with Crippen LogP contribution >= 0.6 is 7.82 Å². The van der Waals surface area contributed by atoms with Crippen LogP contribution in [-0.4, -0.2) is 75.6 Å². The predicted octanol–water partition coefficient (Wildman–Crippen LogP) is 15.5. The third-order valence-electron chi connectivity index (χ3n) is 10.9. The summed E-state index contributed by atoms with van der Waals surface area (Å²) in [5, 5.41) is 0. The summed E-state index contributed by atoms with van der Waals surface area (Å²) in [5.41, 5.74) is 0. The fourth-order valence-corrected chi connectivity index (χ4v) is 7.65. The van der Waals surface area contributed by atoms with E-state index in [4.69, 9.17) is 18.5 Å². The molecular weight excluding hydrogens is 782 g/mol. The van der Waals surface area contributed by atoms with Crippen LogP contribution in [0.15, 0.2) is 48.6 Å². The number of allylic oxidation sites excluding steroid dienone is 8. The third kappa shape index (κ3) is 49.3. The van der Waals surface area contributed by atoms with Crippen LogP contribution in [0, 0.1) is 0 Å². The Bertz CT molecular complexity index is 1120. The molecule has 1 N–H and O–H groups in total. The molecular formula is C52H99NO7P+. The smallest absolute Gasteiger partial charge is 0.457 e. The molecule has 0 aromatic heterocycles. The van der Waals surface area contributed by atoms with Gasteiger partial charge < -0.3 is 18.9 Å². The topological polar surface area (TPSA) is 91.3 Å². The number of unbranched alkanes of at least 4 members (excludes halogenated alkanes) is 25. The number of esters is 1. The highest BCUT2D eigenvalue weighted by atomic mass is 31.2. The number of likely N-dealkylation sites (N-methyl/N-ethyl adjacent to an activating group) is 1. The van der Waals surface area contributed by atoms with E-state index in [1.165, 1.54) is 154 Å². The summed E-state index contributed by atoms with van der Waals surface area (Å²) in [7, 11) is 1.66. The highest BCUT2D eigenvalue weighted by Crippen LogP contribution is 2.43. The molecule has 0 amide bonds. The van der Waals surface area contributed by atoms with Crippen LogP contribution in [0.25, 0.3) is 0 Å². The van der Waals surface area contributed by atoms with Crippen molar-refractivity contribution in [3.8, 4) is 0 Å². The van der Waals surface area contributed by atoms with E-state index in [0.29, 0.717) is 24.1 Å². The summed E-state index contributed by atoms with van der Waals surface area (Å²) >= 11 is 0. The van der Waals surface area contributed by atoms with Gasteiger partial charge in [0, 0.05) is 13.0 Å². The highest BCUT2D eigenvalue weighted by molar-refractivity contribution is 7.47. The maximum Gasteiger partial charge on any atom is 0.472 e. The number of phosphoric acid groups is 1. The average molecular weight is 881 g/mol. The van der Waals surface area contributed by atoms with Gasteiger partial charge in [0.25, 0.3) is 0 Å². The van der Waals surface area contributed by atoms with Crippen molar-refractivity contribution in [2.75, 3.05) is 54.1 Å². The summed E-state index contributed by atoms with van der Waals surface area (Å²) in [6.07, 6.45) is 55.7. The lowest BCUT2D eigenvalue weighted by Gasteiger charge is -2.24. The summed E-state index contributed by atoms with van der Waals surface area (Å²) < 4.78 is 35.1. The maximum atomic E-state index is 12.8. The molecule has 2 atom stereocenters. The van der Waals surface area contributed by atoms with Crippen LogP contribution in [0.4, 0.5) is 0 Å². The van der Waals surface area contributed by atoms with Gasteiger partial charge in [-0.2, -0.15) is 0 Å². The van der Waals surface area contributed by atoms with Crippen molar-refractivity contribution in [2.24, 2.45) is 0 Å². The van der Waals surface area contributed by atoms with Gasteiger partial charge in [-0.1, -0.05) is 184 Å². The quantitative estimate of drug-likeness (QED) is 0.0214. The van der Waals surface area contributed by atoms with Crippen molar-refractivity contribution < 1.29 is 37.3 Å². The first-order valence-electron chi connectivity index (χ1n) is 25.4. The zero-order valence-corrected chi connectivity index (χ0v) is 41.5. The van der Waals surface area contributed by atoms with Crippen LogP contribution in [-0.2, 0) is 27.9 Å². The Labute approximate surface area is 378 Å². The molecule has 0 rings (SSSR count). The Kier molecular flexibility index (Phi) is 43.9. The first-order chi connectivity index (χ1) is 29.6. The van der Waals surface area contributed by atoms with Crippen molar-refractivity contribution >= 4 is 13.8 Å². The van der Waals surface area contributed by atoms with Gasteiger partial charge >= 0.3 is 13.8 Å². The Balaban J connectivity index is 4.16. The fourth-order valence-electron chi connectivity index (χ4n) is 6.91. The standard InChI is InChI=1S/C52H98NO7P/c1-6-8-10-12-14-16-18-20-22-24-26-28-30-32-34-36-38-40-42-44-47-57-49-51(50-59-61(55,56)58-48-46-53(3,4)5)60-52(54)45-43-41-39-37-35-33-31-29-27-25-23-21-19-17-15-13-11-9-7-2/h14-17,20-23,51H,6-13,18-19,24-50H2,1-5H3/p+1/b16-14-,17-15-,22-20-,23-21-/t51-/m1/s1. The van der Waals surface area contributed by atoms with Crippen LogP contribution in [0.2, 0.25) is 0 Å². The second kappa shape index (κ2) is 45.0. The number of hydrogen-bond acceptors (Lipinski definition) is 6. The van der Waals surface area contributed by atoms with Crippen molar-refractivity contribution in [1.82, 2.24) is 0 Å². The SMILES string of the molecule is CCCCC/C=C\C/C=C\CCCCCCCCCCCCOC[C@H](COP(=O)(O)OCC[N+](C)(C)C)OC(=O)CCCCCCCCCCC/C=C\C/C=C\CCCCC. The van der Waals surface area contributed by atoms with E-state index in [-0.39, 0.29) is 25.8 Å². The van der Waals surface area contributed by atoms with E-state index in [9.17, 15) is 14.3 Å². The molecule has 0 aliphatic carbocycles. The summed E-state index contributed by atoms with van der Waals surface area (Å²) in [5.74, 6) is -0.318. The monoisotopic (exact) mass is 881 g/mol. The second-order valence-corrected chi connectivity index (χ2v) is 19.6. The first kappa shape index (κ1) is 59.5. The van der Waals surface area contributed by atoms with Crippen molar-refractivity contribution in [3.05, 3.63) is 48.6 Å². The van der Waals surface area contributed by atoms with Gasteiger partial charge in [0.1, 0.15) is 19.3 Å². The van der Waals surface area contributed by atoms with Gasteiger partial charge in [0.15, 0.2) is 0 Å². The van der Waals surface area contributed by atoms with Gasteiger partial charge in [0.2, 0.25) is 0 Å². The molecule has 9 heteroatoms. The number of hydrogen-bond donors (Lipinski definition) is 1. The zero-order chi connectivity index (χ0) is 44.8. The Morgan fingerprint density at radius 3 is 1.33 bits per heavy atom. The van der Waals surface area contributed by atoms with Crippen LogP contribution in [0.1, 0.15) is 219 Å². The lowest BCUT2D eigenvalue weighted by Crippen LogP contribution is -2.37. The van der Waals surface area contributed by atoms with E-state index in [1.807, 2.05) is 21.1 Å². The second-order valence-electron chi connectivity index (χ2n) is 18.2. The fraction of sp³-hybridized carbons (Fsp3) is 0.827. The molecule has 0 radical (unpaired) electrons. The molecule has 8 nitrogen and oxygen atoms in total. The molecule has 61 heavy (non-hydrogen) atoms. The molecule has 0 aromatic rings. The third-order valence-corrected chi connectivity index (χ3v) is 11.8. The van der Waals surface area contributed by atoms with Crippen LogP contribution in [0.5, 0.6) is 0 Å². The Hall–Kier alpha value is -1.54. The number of rotatable bonds is 47. The van der Waals surface area contributed by atoms with E-state index < -0.39 is 13.9 Å². The lowest BCUT2D eigenvalue weighted by atomic mass is 10.1. The minimum atomic E-state index is -4.28. The molecule has 0 aliphatic heterocycles. The minimum absolute atomic E-state index is 0.0863. The molecule has 0 saturated carbocycles. The normalized spacial score (nSPS) is 14.0. The van der Waals surface area contributed by atoms with E-state index >= 15 is 0 Å². The summed E-state index contributed by atoms with van der Waals surface area (Å²) in [6.45, 7) is 5.58. The zero-order valence-electron chi connectivity index (χ0n) is 40.7. The van der Waals surface area contributed by atoms with Crippen molar-refractivity contribution in [3.63, 3.8) is 0 Å². The minimum Gasteiger partial charge on any atom is -0.457 e. The van der Waals surface area contributed by atoms with Gasteiger partial charge in [-0.25, -0.2) is 4.57 Å². The molecule has 0 aromatic carbocycles. The Morgan fingerprint density at radius 2 is 0.902 bits per heavy atom. The number of carbonyl (C=O) groups excluding carboxylic acids is 1. The van der Waals surface area contributed by atoms with Gasteiger partial charge in [-0.05, 0) is 77.0 Å². The van der Waals surface area contributed by atoms with Crippen LogP contribution < -0.4 is 0 Å². The van der Waals surface area contributed by atoms with Crippen molar-refractivity contribution in [2.45, 2.75) is 225 Å².